The zero-order valence-corrected chi connectivity index (χ0v) is 18.0. The predicted molar refractivity (Wildman–Crippen MR) is 115 cm³/mol. The molecule has 0 bridgehead atoms. The maximum absolute atomic E-state index is 12.4. The van der Waals surface area contributed by atoms with Crippen molar-refractivity contribution in [2.45, 2.75) is 13.3 Å². The number of nitriles is 1. The molecule has 0 atom stereocenters. The summed E-state index contributed by atoms with van der Waals surface area (Å²) in [5.41, 5.74) is 0.883. The highest BCUT2D eigenvalue weighted by Crippen LogP contribution is 2.30. The molecule has 2 aromatic rings. The Labute approximate surface area is 189 Å². The molecule has 1 heterocycles. The number of hydrogen-bond acceptors (Lipinski definition) is 8. The molecule has 0 saturated carbocycles. The van der Waals surface area contributed by atoms with Crippen molar-refractivity contribution < 1.29 is 33.4 Å². The maximum Gasteiger partial charge on any atom is 0.348 e. The highest BCUT2D eigenvalue weighted by atomic mass is 16.6. The van der Waals surface area contributed by atoms with Crippen molar-refractivity contribution in [2.75, 3.05) is 20.3 Å². The van der Waals surface area contributed by atoms with Gasteiger partial charge in [0.15, 0.2) is 11.5 Å². The number of rotatable bonds is 8. The number of imide groups is 1. The van der Waals surface area contributed by atoms with E-state index in [2.05, 4.69) is 0 Å². The van der Waals surface area contributed by atoms with Crippen LogP contribution in [0.2, 0.25) is 0 Å². The van der Waals surface area contributed by atoms with Crippen molar-refractivity contribution in [3.63, 3.8) is 0 Å². The smallest absolute Gasteiger partial charge is 0.348 e. The Hall–Kier alpha value is -4.45. The first-order chi connectivity index (χ1) is 15.9. The van der Waals surface area contributed by atoms with E-state index in [4.69, 9.17) is 19.5 Å². The van der Waals surface area contributed by atoms with Gasteiger partial charge < -0.3 is 14.2 Å². The Morgan fingerprint density at radius 3 is 2.30 bits per heavy atom. The topological polar surface area (TPSA) is 123 Å². The highest BCUT2D eigenvalue weighted by molar-refractivity contribution is 6.21. The molecular formula is C24H20N2O7. The van der Waals surface area contributed by atoms with Gasteiger partial charge in [-0.15, -0.1) is 0 Å². The number of nitrogens with zero attached hydrogens (tertiary/aromatic N) is 2. The van der Waals surface area contributed by atoms with Gasteiger partial charge in [-0.2, -0.15) is 5.26 Å². The lowest BCUT2D eigenvalue weighted by Gasteiger charge is -2.14. The lowest BCUT2D eigenvalue weighted by Crippen LogP contribution is -2.32. The molecule has 0 saturated heterocycles. The second-order valence-electron chi connectivity index (χ2n) is 6.83. The van der Waals surface area contributed by atoms with Crippen LogP contribution in [0, 0.1) is 11.3 Å². The monoisotopic (exact) mass is 448 g/mol. The average molecular weight is 448 g/mol. The summed E-state index contributed by atoms with van der Waals surface area (Å²) in [4.78, 5) is 49.9. The number of methoxy groups -OCH3 is 1. The first kappa shape index (κ1) is 23.2. The molecule has 3 rings (SSSR count). The van der Waals surface area contributed by atoms with Crippen LogP contribution in [0.3, 0.4) is 0 Å². The Morgan fingerprint density at radius 1 is 1.06 bits per heavy atom. The number of ether oxygens (including phenoxy) is 3. The SMILES string of the molecule is CCOC(=O)/C(C#N)=C/c1ccc(OC(=O)CCN2C(=O)c3ccccc3C2=O)c(OC)c1. The Morgan fingerprint density at radius 2 is 1.73 bits per heavy atom. The second kappa shape index (κ2) is 10.2. The van der Waals surface area contributed by atoms with Gasteiger partial charge in [0.2, 0.25) is 0 Å². The molecule has 0 fully saturated rings. The zero-order chi connectivity index (χ0) is 24.0. The van der Waals surface area contributed by atoms with Crippen molar-refractivity contribution in [3.8, 4) is 17.6 Å². The predicted octanol–water partition coefficient (Wildman–Crippen LogP) is 2.76. The van der Waals surface area contributed by atoms with Crippen molar-refractivity contribution in [1.82, 2.24) is 4.90 Å². The quantitative estimate of drug-likeness (QED) is 0.199. The zero-order valence-electron chi connectivity index (χ0n) is 18.0. The standard InChI is InChI=1S/C24H20N2O7/c1-3-32-24(30)16(14-25)12-15-8-9-19(20(13-15)31-2)33-21(27)10-11-26-22(28)17-6-4-5-7-18(17)23(26)29/h4-9,12-13H,3,10-11H2,1-2H3/b16-12+. The summed E-state index contributed by atoms with van der Waals surface area (Å²) in [6.07, 6.45) is 1.12. The van der Waals surface area contributed by atoms with Crippen LogP contribution >= 0.6 is 0 Å². The van der Waals surface area contributed by atoms with Crippen LogP contribution in [0.5, 0.6) is 11.5 Å². The number of carbonyl (C=O) groups excluding carboxylic acids is 4. The molecule has 9 heteroatoms. The van der Waals surface area contributed by atoms with E-state index in [1.54, 1.807) is 37.3 Å². The van der Waals surface area contributed by atoms with Gasteiger partial charge in [0.1, 0.15) is 11.6 Å². The first-order valence-corrected chi connectivity index (χ1v) is 10.0. The molecule has 1 aliphatic heterocycles. The van der Waals surface area contributed by atoms with Crippen LogP contribution in [-0.4, -0.2) is 48.9 Å². The van der Waals surface area contributed by atoms with Crippen molar-refractivity contribution in [2.24, 2.45) is 0 Å². The van der Waals surface area contributed by atoms with E-state index in [-0.39, 0.29) is 36.6 Å². The molecule has 168 valence electrons. The number of carbonyl (C=O) groups is 4. The summed E-state index contributed by atoms with van der Waals surface area (Å²) in [6.45, 7) is 1.64. The summed E-state index contributed by atoms with van der Waals surface area (Å²) < 4.78 is 15.4. The van der Waals surface area contributed by atoms with Gasteiger partial charge >= 0.3 is 11.9 Å². The summed E-state index contributed by atoms with van der Waals surface area (Å²) in [6, 6.07) is 12.7. The fourth-order valence-corrected chi connectivity index (χ4v) is 3.19. The summed E-state index contributed by atoms with van der Waals surface area (Å²) in [5, 5.41) is 9.16. The van der Waals surface area contributed by atoms with Crippen LogP contribution in [0.15, 0.2) is 48.0 Å². The number of esters is 2. The Bertz CT molecular complexity index is 1160. The minimum atomic E-state index is -0.748. The van der Waals surface area contributed by atoms with E-state index >= 15 is 0 Å². The van der Waals surface area contributed by atoms with Crippen LogP contribution in [0.25, 0.3) is 6.08 Å². The molecule has 1 aliphatic rings. The fourth-order valence-electron chi connectivity index (χ4n) is 3.19. The third kappa shape index (κ3) is 5.07. The van der Waals surface area contributed by atoms with E-state index in [0.29, 0.717) is 16.7 Å². The average Bonchev–Trinajstić information content (AvgIpc) is 3.06. The fraction of sp³-hybridized carbons (Fsp3) is 0.208. The molecule has 0 aliphatic carbocycles. The molecule has 2 aromatic carbocycles. The van der Waals surface area contributed by atoms with Gasteiger partial charge in [0.25, 0.3) is 11.8 Å². The maximum atomic E-state index is 12.4. The van der Waals surface area contributed by atoms with Gasteiger partial charge in [-0.25, -0.2) is 4.79 Å². The first-order valence-electron chi connectivity index (χ1n) is 10.0. The molecule has 0 unspecified atom stereocenters. The van der Waals surface area contributed by atoms with Gasteiger partial charge in [-0.3, -0.25) is 19.3 Å². The minimum Gasteiger partial charge on any atom is -0.493 e. The highest BCUT2D eigenvalue weighted by Gasteiger charge is 2.35. The summed E-state index contributed by atoms with van der Waals surface area (Å²) in [5.74, 6) is -2.02. The lowest BCUT2D eigenvalue weighted by atomic mass is 10.1. The van der Waals surface area contributed by atoms with Crippen LogP contribution in [0.4, 0.5) is 0 Å². The van der Waals surface area contributed by atoms with E-state index in [9.17, 15) is 19.2 Å². The molecule has 0 aromatic heterocycles. The second-order valence-corrected chi connectivity index (χ2v) is 6.83. The third-order valence-corrected chi connectivity index (χ3v) is 4.76. The lowest BCUT2D eigenvalue weighted by molar-refractivity contribution is -0.138. The van der Waals surface area contributed by atoms with Crippen LogP contribution in [0.1, 0.15) is 39.6 Å². The summed E-state index contributed by atoms with van der Waals surface area (Å²) in [7, 11) is 1.37. The van der Waals surface area contributed by atoms with Gasteiger partial charge in [-0.05, 0) is 42.8 Å². The number of amides is 2. The summed E-state index contributed by atoms with van der Waals surface area (Å²) >= 11 is 0. The molecule has 0 spiro atoms. The van der Waals surface area contributed by atoms with E-state index in [0.717, 1.165) is 4.90 Å². The molecule has 0 N–H and O–H groups in total. The largest absolute Gasteiger partial charge is 0.493 e. The van der Waals surface area contributed by atoms with Crippen LogP contribution in [-0.2, 0) is 14.3 Å². The third-order valence-electron chi connectivity index (χ3n) is 4.76. The van der Waals surface area contributed by atoms with Gasteiger partial charge in [0, 0.05) is 6.54 Å². The van der Waals surface area contributed by atoms with E-state index in [1.165, 1.54) is 31.4 Å². The molecular weight excluding hydrogens is 428 g/mol. The number of benzene rings is 2. The molecule has 33 heavy (non-hydrogen) atoms. The minimum absolute atomic E-state index is 0.108. The number of hydrogen-bond donors (Lipinski definition) is 0. The number of fused-ring (bicyclic) bond motifs is 1. The van der Waals surface area contributed by atoms with Crippen molar-refractivity contribution >= 4 is 29.8 Å². The van der Waals surface area contributed by atoms with Crippen molar-refractivity contribution in [1.29, 1.82) is 5.26 Å². The molecule has 0 radical (unpaired) electrons. The normalized spacial score (nSPS) is 12.8. The Balaban J connectivity index is 1.67. The van der Waals surface area contributed by atoms with E-state index < -0.39 is 23.8 Å². The molecule has 9 nitrogen and oxygen atoms in total. The van der Waals surface area contributed by atoms with E-state index in [1.807, 2.05) is 0 Å². The molecule has 2 amide bonds. The van der Waals surface area contributed by atoms with Gasteiger partial charge in [0.05, 0.1) is 31.3 Å². The van der Waals surface area contributed by atoms with Crippen molar-refractivity contribution in [3.05, 3.63) is 64.7 Å². The Kier molecular flexibility index (Phi) is 7.20. The van der Waals surface area contributed by atoms with Gasteiger partial charge in [-0.1, -0.05) is 18.2 Å². The van der Waals surface area contributed by atoms with Crippen LogP contribution < -0.4 is 9.47 Å².